The van der Waals surface area contributed by atoms with Gasteiger partial charge in [0.15, 0.2) is 17.5 Å². The summed E-state index contributed by atoms with van der Waals surface area (Å²) in [6, 6.07) is 3.91. The van der Waals surface area contributed by atoms with Crippen molar-refractivity contribution < 1.29 is 19.0 Å². The lowest BCUT2D eigenvalue weighted by molar-refractivity contribution is -0.127. The van der Waals surface area contributed by atoms with Crippen molar-refractivity contribution in [1.29, 1.82) is 0 Å². The van der Waals surface area contributed by atoms with Gasteiger partial charge in [0.1, 0.15) is 6.54 Å². The number of nitrogens with zero attached hydrogens (tertiary/aromatic N) is 3. The number of likely N-dealkylation sites (N-methyl/N-ethyl adjacent to an activating group) is 1. The molecule has 0 fully saturated rings. The third-order valence-corrected chi connectivity index (χ3v) is 4.06. The average molecular weight is 508 g/mol. The zero-order valence-corrected chi connectivity index (χ0v) is 20.2. The summed E-state index contributed by atoms with van der Waals surface area (Å²) < 4.78 is 15.8. The van der Waals surface area contributed by atoms with Crippen LogP contribution in [0.2, 0.25) is 0 Å². The fourth-order valence-corrected chi connectivity index (χ4v) is 2.38. The summed E-state index contributed by atoms with van der Waals surface area (Å²) in [7, 11) is 10.2. The van der Waals surface area contributed by atoms with Crippen molar-refractivity contribution in [2.75, 3.05) is 62.2 Å². The van der Waals surface area contributed by atoms with Crippen LogP contribution in [0.5, 0.6) is 11.5 Å². The van der Waals surface area contributed by atoms with E-state index in [1.807, 2.05) is 31.0 Å². The molecular weight excluding hydrogens is 475 g/mol. The Morgan fingerprint density at radius 1 is 1.11 bits per heavy atom. The first kappa shape index (κ1) is 26.2. The van der Waals surface area contributed by atoms with Gasteiger partial charge in [-0.05, 0) is 30.2 Å². The number of nitrogens with one attached hydrogen (secondary N) is 1. The van der Waals surface area contributed by atoms with Crippen LogP contribution in [0.4, 0.5) is 0 Å². The van der Waals surface area contributed by atoms with Crippen LogP contribution in [-0.2, 0) is 16.1 Å². The normalized spacial score (nSPS) is 10.8. The predicted molar refractivity (Wildman–Crippen MR) is 122 cm³/mol. The lowest BCUT2D eigenvalue weighted by Crippen LogP contribution is -2.41. The van der Waals surface area contributed by atoms with Crippen LogP contribution >= 0.6 is 24.0 Å². The van der Waals surface area contributed by atoms with Crippen molar-refractivity contribution in [1.82, 2.24) is 15.1 Å². The molecule has 0 aliphatic heterocycles. The Labute approximate surface area is 185 Å². The number of guanidine groups is 1. The molecule has 0 spiro atoms. The number of hydrogen-bond donors (Lipinski definition) is 1. The number of benzene rings is 1. The highest BCUT2D eigenvalue weighted by Gasteiger charge is 2.13. The van der Waals surface area contributed by atoms with Crippen LogP contribution < -0.4 is 14.8 Å². The van der Waals surface area contributed by atoms with Crippen LogP contribution in [0, 0.1) is 6.92 Å². The van der Waals surface area contributed by atoms with Gasteiger partial charge in [-0.25, -0.2) is 4.99 Å². The van der Waals surface area contributed by atoms with Gasteiger partial charge in [0.25, 0.3) is 0 Å². The Morgan fingerprint density at radius 3 is 2.25 bits per heavy atom. The summed E-state index contributed by atoms with van der Waals surface area (Å²) in [5, 5.41) is 3.23. The molecule has 0 radical (unpaired) electrons. The number of ether oxygens (including phenoxy) is 3. The molecular formula is C19H33IN4O4. The molecule has 0 atom stereocenters. The van der Waals surface area contributed by atoms with Crippen molar-refractivity contribution in [3.63, 3.8) is 0 Å². The Bertz CT molecular complexity index is 653. The quantitative estimate of drug-likeness (QED) is 0.237. The fraction of sp³-hybridized carbons (Fsp3) is 0.579. The molecule has 0 aliphatic rings. The molecule has 28 heavy (non-hydrogen) atoms. The Morgan fingerprint density at radius 2 is 1.71 bits per heavy atom. The molecule has 160 valence electrons. The Kier molecular flexibility index (Phi) is 12.6. The number of carbonyl (C=O) groups excluding carboxylic acids is 1. The zero-order chi connectivity index (χ0) is 20.4. The molecule has 0 saturated carbocycles. The molecule has 1 aromatic carbocycles. The first-order chi connectivity index (χ1) is 12.8. The molecule has 9 heteroatoms. The van der Waals surface area contributed by atoms with Crippen LogP contribution in [0.1, 0.15) is 11.1 Å². The van der Waals surface area contributed by atoms with Crippen molar-refractivity contribution >= 4 is 35.8 Å². The summed E-state index contributed by atoms with van der Waals surface area (Å²) in [6.07, 6.45) is 0. The van der Waals surface area contributed by atoms with Crippen molar-refractivity contribution in [2.24, 2.45) is 4.99 Å². The highest BCUT2D eigenvalue weighted by atomic mass is 127. The minimum Gasteiger partial charge on any atom is -0.493 e. The molecule has 1 aromatic rings. The van der Waals surface area contributed by atoms with Crippen LogP contribution in [0.25, 0.3) is 0 Å². The average Bonchev–Trinajstić information content (AvgIpc) is 2.65. The van der Waals surface area contributed by atoms with E-state index in [-0.39, 0.29) is 36.4 Å². The van der Waals surface area contributed by atoms with Gasteiger partial charge >= 0.3 is 0 Å². The van der Waals surface area contributed by atoms with E-state index in [0.717, 1.165) is 11.1 Å². The maximum atomic E-state index is 11.9. The third-order valence-electron chi connectivity index (χ3n) is 4.06. The molecule has 0 unspecified atom stereocenters. The van der Waals surface area contributed by atoms with Gasteiger partial charge in [0.05, 0.1) is 20.8 Å². The van der Waals surface area contributed by atoms with Gasteiger partial charge in [-0.3, -0.25) is 4.79 Å². The lowest BCUT2D eigenvalue weighted by atomic mass is 10.1. The topological polar surface area (TPSA) is 75.6 Å². The smallest absolute Gasteiger partial charge is 0.243 e. The number of rotatable bonds is 9. The van der Waals surface area contributed by atoms with Crippen LogP contribution in [-0.4, -0.2) is 83.8 Å². The molecule has 0 aromatic heterocycles. The molecule has 1 N–H and O–H groups in total. The van der Waals surface area contributed by atoms with Gasteiger partial charge in [-0.1, -0.05) is 0 Å². The highest BCUT2D eigenvalue weighted by molar-refractivity contribution is 14.0. The first-order valence-electron chi connectivity index (χ1n) is 8.74. The number of methoxy groups -OCH3 is 3. The summed E-state index contributed by atoms with van der Waals surface area (Å²) in [4.78, 5) is 19.8. The highest BCUT2D eigenvalue weighted by Crippen LogP contribution is 2.30. The van der Waals surface area contributed by atoms with Crippen molar-refractivity contribution in [3.05, 3.63) is 23.3 Å². The summed E-state index contributed by atoms with van der Waals surface area (Å²) in [5.41, 5.74) is 2.16. The number of aliphatic imine (C=N–C) groups is 1. The summed E-state index contributed by atoms with van der Waals surface area (Å²) in [6.45, 7) is 3.85. The monoisotopic (exact) mass is 508 g/mol. The van der Waals surface area contributed by atoms with Gasteiger partial charge in [0, 0.05) is 41.3 Å². The van der Waals surface area contributed by atoms with E-state index in [2.05, 4.69) is 10.3 Å². The van der Waals surface area contributed by atoms with E-state index in [9.17, 15) is 4.79 Å². The van der Waals surface area contributed by atoms with E-state index >= 15 is 0 Å². The predicted octanol–water partition coefficient (Wildman–Crippen LogP) is 1.74. The largest absolute Gasteiger partial charge is 0.493 e. The number of amides is 1. The van der Waals surface area contributed by atoms with E-state index in [1.165, 1.54) is 4.90 Å². The second-order valence-electron chi connectivity index (χ2n) is 6.34. The second-order valence-corrected chi connectivity index (χ2v) is 6.34. The van der Waals surface area contributed by atoms with Crippen LogP contribution in [0.3, 0.4) is 0 Å². The first-order valence-corrected chi connectivity index (χ1v) is 8.74. The van der Waals surface area contributed by atoms with Crippen LogP contribution in [0.15, 0.2) is 17.1 Å². The molecule has 0 heterocycles. The summed E-state index contributed by atoms with van der Waals surface area (Å²) >= 11 is 0. The minimum absolute atomic E-state index is 0. The summed E-state index contributed by atoms with van der Waals surface area (Å²) in [5.74, 6) is 1.96. The molecule has 1 rings (SSSR count). The Balaban J connectivity index is 0.00000729. The molecule has 0 aliphatic carbocycles. The van der Waals surface area contributed by atoms with Gasteiger partial charge in [-0.2, -0.15) is 0 Å². The molecule has 0 bridgehead atoms. The van der Waals surface area contributed by atoms with E-state index in [1.54, 1.807) is 35.4 Å². The van der Waals surface area contributed by atoms with E-state index in [4.69, 9.17) is 14.2 Å². The zero-order valence-electron chi connectivity index (χ0n) is 17.9. The third kappa shape index (κ3) is 8.09. The number of aryl methyl sites for hydroxylation is 1. The van der Waals surface area contributed by atoms with E-state index in [0.29, 0.717) is 37.2 Å². The molecule has 1 amide bonds. The molecule has 0 saturated heterocycles. The Hall–Kier alpha value is -1.75. The molecule has 8 nitrogen and oxygen atoms in total. The maximum Gasteiger partial charge on any atom is 0.243 e. The van der Waals surface area contributed by atoms with Crippen molar-refractivity contribution in [3.8, 4) is 11.5 Å². The number of halogens is 1. The fourth-order valence-electron chi connectivity index (χ4n) is 2.38. The maximum absolute atomic E-state index is 11.9. The van der Waals surface area contributed by atoms with Gasteiger partial charge in [0.2, 0.25) is 5.91 Å². The number of carbonyl (C=O) groups is 1. The lowest BCUT2D eigenvalue weighted by Gasteiger charge is -2.24. The minimum atomic E-state index is -0.0586. The van der Waals surface area contributed by atoms with Crippen molar-refractivity contribution in [2.45, 2.75) is 13.5 Å². The number of hydrogen-bond acceptors (Lipinski definition) is 5. The van der Waals surface area contributed by atoms with Gasteiger partial charge < -0.3 is 29.3 Å². The SMILES string of the molecule is COCCNC(=NCC(=O)N(C)C)N(C)Cc1cc(OC)c(OC)cc1C.I. The van der Waals surface area contributed by atoms with Gasteiger partial charge in [-0.15, -0.1) is 24.0 Å². The van der Waals surface area contributed by atoms with E-state index < -0.39 is 0 Å². The standard InChI is InChI=1S/C19H32N4O4.HI/c1-14-10-16(26-6)17(27-7)11-15(14)13-23(4)19(20-8-9-25-5)21-12-18(24)22(2)3;/h10-11H,8-9,12-13H2,1-7H3,(H,20,21);1H. The second kappa shape index (κ2) is 13.4.